The largest absolute Gasteiger partial charge is 0.360 e. The second-order valence-electron chi connectivity index (χ2n) is 5.60. The monoisotopic (exact) mass is 341 g/mol. The number of anilines is 1. The molecule has 0 aliphatic carbocycles. The molecule has 5 nitrogen and oxygen atoms in total. The molecule has 124 valence electrons. The molecule has 0 saturated carbocycles. The molecule has 0 spiro atoms. The van der Waals surface area contributed by atoms with E-state index in [1.54, 1.807) is 11.8 Å². The minimum atomic E-state index is -0.132. The third-order valence-corrected chi connectivity index (χ3v) is 4.57. The van der Waals surface area contributed by atoms with E-state index < -0.39 is 0 Å². The van der Waals surface area contributed by atoms with Crippen molar-refractivity contribution in [1.82, 2.24) is 9.72 Å². The quantitative estimate of drug-likeness (QED) is 0.716. The SMILES string of the molecule is CSc1cccc(NC(=O)c2cc(C)n(-c3cc(C)on3)c2C)c1. The number of hydrogen-bond acceptors (Lipinski definition) is 4. The van der Waals surface area contributed by atoms with E-state index in [1.807, 2.05) is 68.0 Å². The van der Waals surface area contributed by atoms with Crippen molar-refractivity contribution in [2.24, 2.45) is 0 Å². The summed E-state index contributed by atoms with van der Waals surface area (Å²) in [5.41, 5.74) is 3.18. The van der Waals surface area contributed by atoms with Gasteiger partial charge in [0.15, 0.2) is 5.82 Å². The van der Waals surface area contributed by atoms with Crippen LogP contribution < -0.4 is 5.32 Å². The number of carbonyl (C=O) groups is 1. The molecule has 0 aliphatic heterocycles. The molecule has 3 aromatic rings. The first-order chi connectivity index (χ1) is 11.5. The van der Waals surface area contributed by atoms with Crippen LogP contribution in [0.25, 0.3) is 5.82 Å². The van der Waals surface area contributed by atoms with Crippen molar-refractivity contribution in [2.45, 2.75) is 25.7 Å². The van der Waals surface area contributed by atoms with Crippen molar-refractivity contribution in [3.05, 3.63) is 59.1 Å². The fourth-order valence-corrected chi connectivity index (χ4v) is 3.16. The lowest BCUT2D eigenvalue weighted by molar-refractivity contribution is 0.102. The molecule has 0 aliphatic rings. The number of aryl methyl sites for hydroxylation is 2. The van der Waals surface area contributed by atoms with Gasteiger partial charge in [-0.05, 0) is 51.3 Å². The maximum Gasteiger partial charge on any atom is 0.257 e. The Morgan fingerprint density at radius 3 is 2.67 bits per heavy atom. The van der Waals surface area contributed by atoms with Gasteiger partial charge >= 0.3 is 0 Å². The molecule has 0 atom stereocenters. The molecule has 6 heteroatoms. The second kappa shape index (κ2) is 6.57. The topological polar surface area (TPSA) is 60.1 Å². The van der Waals surface area contributed by atoms with Crippen molar-refractivity contribution >= 4 is 23.4 Å². The fraction of sp³-hybridized carbons (Fsp3) is 0.222. The van der Waals surface area contributed by atoms with Gasteiger partial charge in [0.2, 0.25) is 0 Å². The van der Waals surface area contributed by atoms with Gasteiger partial charge < -0.3 is 9.84 Å². The molecule has 0 radical (unpaired) electrons. The fourth-order valence-electron chi connectivity index (χ4n) is 2.70. The average Bonchev–Trinajstić information content (AvgIpc) is 3.10. The molecule has 1 N–H and O–H groups in total. The minimum Gasteiger partial charge on any atom is -0.360 e. The highest BCUT2D eigenvalue weighted by Crippen LogP contribution is 2.23. The Morgan fingerprint density at radius 2 is 2.00 bits per heavy atom. The molecule has 0 saturated heterocycles. The first-order valence-corrected chi connectivity index (χ1v) is 8.80. The van der Waals surface area contributed by atoms with Crippen LogP contribution in [0.3, 0.4) is 0 Å². The van der Waals surface area contributed by atoms with Crippen molar-refractivity contribution in [2.75, 3.05) is 11.6 Å². The maximum absolute atomic E-state index is 12.7. The Balaban J connectivity index is 1.90. The van der Waals surface area contributed by atoms with Crippen molar-refractivity contribution in [3.8, 4) is 5.82 Å². The highest BCUT2D eigenvalue weighted by Gasteiger charge is 2.18. The van der Waals surface area contributed by atoms with Crippen LogP contribution in [0.15, 0.2) is 45.8 Å². The highest BCUT2D eigenvalue weighted by molar-refractivity contribution is 7.98. The Hall–Kier alpha value is -2.47. The number of thioether (sulfide) groups is 1. The smallest absolute Gasteiger partial charge is 0.257 e. The van der Waals surface area contributed by atoms with Gasteiger partial charge in [-0.3, -0.25) is 9.36 Å². The zero-order chi connectivity index (χ0) is 17.3. The van der Waals surface area contributed by atoms with Crippen LogP contribution in [0.2, 0.25) is 0 Å². The summed E-state index contributed by atoms with van der Waals surface area (Å²) in [7, 11) is 0. The van der Waals surface area contributed by atoms with Crippen molar-refractivity contribution < 1.29 is 9.32 Å². The average molecular weight is 341 g/mol. The molecule has 2 aromatic heterocycles. The lowest BCUT2D eigenvalue weighted by Crippen LogP contribution is -2.13. The third-order valence-electron chi connectivity index (χ3n) is 3.85. The molecule has 2 heterocycles. The number of nitrogens with zero attached hydrogens (tertiary/aromatic N) is 2. The van der Waals surface area contributed by atoms with Gasteiger partial charge in [0.05, 0.1) is 5.56 Å². The van der Waals surface area contributed by atoms with Gasteiger partial charge in [-0.1, -0.05) is 11.2 Å². The van der Waals surface area contributed by atoms with E-state index >= 15 is 0 Å². The lowest BCUT2D eigenvalue weighted by Gasteiger charge is -2.07. The van der Waals surface area contributed by atoms with Gasteiger partial charge in [-0.2, -0.15) is 0 Å². The predicted octanol–water partition coefficient (Wildman–Crippen LogP) is 4.36. The van der Waals surface area contributed by atoms with E-state index in [9.17, 15) is 4.79 Å². The zero-order valence-corrected chi connectivity index (χ0v) is 14.9. The summed E-state index contributed by atoms with van der Waals surface area (Å²) in [6.45, 7) is 5.70. The number of aromatic nitrogens is 2. The third kappa shape index (κ3) is 3.10. The second-order valence-corrected chi connectivity index (χ2v) is 6.48. The van der Waals surface area contributed by atoms with E-state index in [1.165, 1.54) is 0 Å². The molecular weight excluding hydrogens is 322 g/mol. The summed E-state index contributed by atoms with van der Waals surface area (Å²) < 4.78 is 7.07. The van der Waals surface area contributed by atoms with Gasteiger partial charge in [0, 0.05) is 28.0 Å². The lowest BCUT2D eigenvalue weighted by atomic mass is 10.2. The Labute approximate surface area is 145 Å². The summed E-state index contributed by atoms with van der Waals surface area (Å²) in [5, 5.41) is 7.00. The van der Waals surface area contributed by atoms with Crippen LogP contribution in [-0.4, -0.2) is 21.9 Å². The Morgan fingerprint density at radius 1 is 1.21 bits per heavy atom. The standard InChI is InChI=1S/C18H19N3O2S/c1-11-8-16(13(3)21(11)17-9-12(2)23-20-17)18(22)19-14-6-5-7-15(10-14)24-4/h5-10H,1-4H3,(H,19,22). The molecule has 0 unspecified atom stereocenters. The number of benzene rings is 1. The normalized spacial score (nSPS) is 10.8. The van der Waals surface area contributed by atoms with Crippen LogP contribution in [0.4, 0.5) is 5.69 Å². The van der Waals surface area contributed by atoms with Crippen LogP contribution in [0.1, 0.15) is 27.5 Å². The Kier molecular flexibility index (Phi) is 4.49. The summed E-state index contributed by atoms with van der Waals surface area (Å²) in [5.74, 6) is 1.29. The summed E-state index contributed by atoms with van der Waals surface area (Å²) in [6.07, 6.45) is 2.01. The van der Waals surface area contributed by atoms with Gasteiger partial charge in [-0.25, -0.2) is 0 Å². The number of nitrogens with one attached hydrogen (secondary N) is 1. The van der Waals surface area contributed by atoms with Crippen LogP contribution in [-0.2, 0) is 0 Å². The number of hydrogen-bond donors (Lipinski definition) is 1. The summed E-state index contributed by atoms with van der Waals surface area (Å²) in [4.78, 5) is 13.8. The van der Waals surface area contributed by atoms with Crippen LogP contribution >= 0.6 is 11.8 Å². The molecule has 1 aromatic carbocycles. The maximum atomic E-state index is 12.7. The molecule has 0 fully saturated rings. The first kappa shape index (κ1) is 16.4. The molecule has 24 heavy (non-hydrogen) atoms. The number of rotatable bonds is 4. The first-order valence-electron chi connectivity index (χ1n) is 7.57. The molecule has 3 rings (SSSR count). The summed E-state index contributed by atoms with van der Waals surface area (Å²) in [6, 6.07) is 11.5. The van der Waals surface area contributed by atoms with E-state index in [2.05, 4.69) is 10.5 Å². The van der Waals surface area contributed by atoms with Gasteiger partial charge in [-0.15, -0.1) is 11.8 Å². The van der Waals surface area contributed by atoms with Crippen molar-refractivity contribution in [1.29, 1.82) is 0 Å². The van der Waals surface area contributed by atoms with E-state index in [0.29, 0.717) is 11.4 Å². The Bertz CT molecular complexity index is 896. The van der Waals surface area contributed by atoms with Crippen LogP contribution in [0.5, 0.6) is 0 Å². The van der Waals surface area contributed by atoms with Crippen LogP contribution in [0, 0.1) is 20.8 Å². The molecule has 0 bridgehead atoms. The number of amides is 1. The molecule has 1 amide bonds. The van der Waals surface area contributed by atoms with E-state index in [0.717, 1.165) is 27.7 Å². The minimum absolute atomic E-state index is 0.132. The summed E-state index contributed by atoms with van der Waals surface area (Å²) >= 11 is 1.64. The highest BCUT2D eigenvalue weighted by atomic mass is 32.2. The van der Waals surface area contributed by atoms with Crippen molar-refractivity contribution in [3.63, 3.8) is 0 Å². The van der Waals surface area contributed by atoms with Gasteiger partial charge in [0.25, 0.3) is 5.91 Å². The van der Waals surface area contributed by atoms with E-state index in [4.69, 9.17) is 4.52 Å². The predicted molar refractivity (Wildman–Crippen MR) is 96.2 cm³/mol. The van der Waals surface area contributed by atoms with Gasteiger partial charge in [0.1, 0.15) is 5.76 Å². The zero-order valence-electron chi connectivity index (χ0n) is 14.1. The van der Waals surface area contributed by atoms with E-state index in [-0.39, 0.29) is 5.91 Å². The molecular formula is C18H19N3O2S. The number of carbonyl (C=O) groups excluding carboxylic acids is 1.